The second-order valence-electron chi connectivity index (χ2n) is 9.90. The zero-order valence-corrected chi connectivity index (χ0v) is 18.7. The quantitative estimate of drug-likeness (QED) is 0.632. The topological polar surface area (TPSA) is 60.4 Å². The highest BCUT2D eigenvalue weighted by atomic mass is 35.5. The third kappa shape index (κ3) is 3.71. The van der Waals surface area contributed by atoms with Crippen molar-refractivity contribution < 1.29 is 22.3 Å². The molecule has 0 aliphatic heterocycles. The van der Waals surface area contributed by atoms with Crippen LogP contribution >= 0.6 is 11.6 Å². The maximum absolute atomic E-state index is 13.3. The van der Waals surface area contributed by atoms with Crippen LogP contribution < -0.4 is 4.74 Å². The van der Waals surface area contributed by atoms with E-state index in [-0.39, 0.29) is 34.3 Å². The minimum Gasteiger partial charge on any atom is -0.479 e. The highest BCUT2D eigenvalue weighted by Crippen LogP contribution is 2.61. The van der Waals surface area contributed by atoms with Gasteiger partial charge in [-0.2, -0.15) is 0 Å². The molecular weight excluding hydrogens is 415 g/mol. The van der Waals surface area contributed by atoms with Gasteiger partial charge in [0.15, 0.2) is 21.2 Å². The number of sulfone groups is 1. The van der Waals surface area contributed by atoms with E-state index in [4.69, 9.17) is 16.3 Å². The van der Waals surface area contributed by atoms with E-state index in [1.807, 2.05) is 0 Å². The van der Waals surface area contributed by atoms with Crippen LogP contribution in [0.3, 0.4) is 0 Å². The summed E-state index contributed by atoms with van der Waals surface area (Å²) in [5, 5.41) is 0.135. The van der Waals surface area contributed by atoms with Crippen LogP contribution in [0.1, 0.15) is 52.4 Å². The van der Waals surface area contributed by atoms with Crippen molar-refractivity contribution in [2.75, 3.05) is 6.26 Å². The number of carbonyl (C=O) groups is 1. The van der Waals surface area contributed by atoms with E-state index in [0.717, 1.165) is 19.3 Å². The SMILES string of the molecule is CC(C)(Oc1ccc(F)cc1Cl)C(=O)CC1C2CC3CC1CC(S(C)(=O)=O)(C3)C2. The maximum atomic E-state index is 13.3. The van der Waals surface area contributed by atoms with Crippen LogP contribution in [-0.2, 0) is 14.6 Å². The first-order valence-electron chi connectivity index (χ1n) is 10.3. The van der Waals surface area contributed by atoms with Crippen LogP contribution in [0.2, 0.25) is 5.02 Å². The van der Waals surface area contributed by atoms with E-state index in [1.54, 1.807) is 13.8 Å². The summed E-state index contributed by atoms with van der Waals surface area (Å²) in [6, 6.07) is 3.86. The van der Waals surface area contributed by atoms with Gasteiger partial charge in [-0.25, -0.2) is 12.8 Å². The lowest BCUT2D eigenvalue weighted by molar-refractivity contribution is -0.136. The van der Waals surface area contributed by atoms with Crippen molar-refractivity contribution in [3.8, 4) is 5.75 Å². The van der Waals surface area contributed by atoms with E-state index in [0.29, 0.717) is 25.2 Å². The number of halogens is 2. The van der Waals surface area contributed by atoms with Crippen molar-refractivity contribution in [2.45, 2.75) is 62.7 Å². The summed E-state index contributed by atoms with van der Waals surface area (Å²) in [4.78, 5) is 13.2. The molecule has 29 heavy (non-hydrogen) atoms. The maximum Gasteiger partial charge on any atom is 0.176 e. The van der Waals surface area contributed by atoms with Crippen molar-refractivity contribution in [1.29, 1.82) is 0 Å². The zero-order valence-electron chi connectivity index (χ0n) is 17.1. The van der Waals surface area contributed by atoms with Gasteiger partial charge in [-0.15, -0.1) is 0 Å². The predicted molar refractivity (Wildman–Crippen MR) is 110 cm³/mol. The summed E-state index contributed by atoms with van der Waals surface area (Å²) in [5.74, 6) is 1.04. The van der Waals surface area contributed by atoms with E-state index in [2.05, 4.69) is 0 Å². The average Bonchev–Trinajstić information content (AvgIpc) is 2.59. The molecule has 0 heterocycles. The van der Waals surface area contributed by atoms with Gasteiger partial charge in [-0.1, -0.05) is 11.6 Å². The Morgan fingerprint density at radius 1 is 1.24 bits per heavy atom. The first-order chi connectivity index (χ1) is 13.4. The Labute approximate surface area is 177 Å². The molecule has 1 aromatic rings. The van der Waals surface area contributed by atoms with Gasteiger partial charge < -0.3 is 4.74 Å². The van der Waals surface area contributed by atoms with E-state index < -0.39 is 26.0 Å². The molecule has 1 aromatic carbocycles. The molecule has 2 unspecified atom stereocenters. The fourth-order valence-electron chi connectivity index (χ4n) is 6.19. The number of hydrogen-bond acceptors (Lipinski definition) is 4. The third-order valence-electron chi connectivity index (χ3n) is 7.55. The van der Waals surface area contributed by atoms with Gasteiger partial charge in [-0.3, -0.25) is 4.79 Å². The monoisotopic (exact) mass is 442 g/mol. The van der Waals surface area contributed by atoms with Crippen molar-refractivity contribution in [1.82, 2.24) is 0 Å². The van der Waals surface area contributed by atoms with Gasteiger partial charge in [0.1, 0.15) is 11.6 Å². The minimum absolute atomic E-state index is 0.0243. The number of benzene rings is 1. The molecule has 4 nitrogen and oxygen atoms in total. The molecule has 4 fully saturated rings. The molecule has 0 N–H and O–H groups in total. The number of rotatable bonds is 6. The molecule has 7 heteroatoms. The van der Waals surface area contributed by atoms with Gasteiger partial charge in [0.25, 0.3) is 0 Å². The Morgan fingerprint density at radius 3 is 2.41 bits per heavy atom. The molecule has 4 bridgehead atoms. The summed E-state index contributed by atoms with van der Waals surface area (Å²) in [6.45, 7) is 3.42. The summed E-state index contributed by atoms with van der Waals surface area (Å²) < 4.78 is 43.6. The van der Waals surface area contributed by atoms with Gasteiger partial charge in [-0.05, 0) is 87.8 Å². The van der Waals surface area contributed by atoms with E-state index in [1.165, 1.54) is 24.5 Å². The van der Waals surface area contributed by atoms with Crippen LogP contribution in [0, 0.1) is 29.5 Å². The standard InChI is InChI=1S/C22H28ClFO4S/c1-21(2,28-19-5-4-16(24)8-18(19)23)20(25)9-17-14-6-13-7-15(17)12-22(10-13,11-14)29(3,26)27/h4-5,8,13-15,17H,6-7,9-12H2,1-3H3. The molecule has 2 atom stereocenters. The van der Waals surface area contributed by atoms with Crippen molar-refractivity contribution in [3.63, 3.8) is 0 Å². The van der Waals surface area contributed by atoms with E-state index in [9.17, 15) is 17.6 Å². The number of hydrogen-bond donors (Lipinski definition) is 0. The highest BCUT2D eigenvalue weighted by molar-refractivity contribution is 7.92. The Bertz CT molecular complexity index is 926. The van der Waals surface area contributed by atoms with Crippen molar-refractivity contribution in [2.24, 2.45) is 23.7 Å². The smallest absolute Gasteiger partial charge is 0.176 e. The van der Waals surface area contributed by atoms with Gasteiger partial charge in [0.05, 0.1) is 9.77 Å². The third-order valence-corrected chi connectivity index (χ3v) is 9.92. The summed E-state index contributed by atoms with van der Waals surface area (Å²) >= 11 is 6.06. The lowest BCUT2D eigenvalue weighted by Gasteiger charge is -2.59. The van der Waals surface area contributed by atoms with Crippen LogP contribution in [0.4, 0.5) is 4.39 Å². The molecule has 4 aliphatic carbocycles. The normalized spacial score (nSPS) is 33.7. The highest BCUT2D eigenvalue weighted by Gasteiger charge is 2.59. The molecule has 0 saturated heterocycles. The van der Waals surface area contributed by atoms with Gasteiger partial charge in [0.2, 0.25) is 0 Å². The summed E-state index contributed by atoms with van der Waals surface area (Å²) in [7, 11) is -3.11. The molecule has 4 aliphatic rings. The fraction of sp³-hybridized carbons (Fsp3) is 0.682. The average molecular weight is 443 g/mol. The minimum atomic E-state index is -3.11. The van der Waals surface area contributed by atoms with Gasteiger partial charge >= 0.3 is 0 Å². The van der Waals surface area contributed by atoms with Crippen LogP contribution in [0.5, 0.6) is 5.75 Å². The van der Waals surface area contributed by atoms with E-state index >= 15 is 0 Å². The molecule has 0 radical (unpaired) electrons. The lowest BCUT2D eigenvalue weighted by Crippen LogP contribution is -2.58. The molecule has 4 saturated carbocycles. The Hall–Kier alpha value is -1.14. The van der Waals surface area contributed by atoms with Crippen molar-refractivity contribution >= 4 is 27.2 Å². The number of ketones is 1. The number of carbonyl (C=O) groups excluding carboxylic acids is 1. The summed E-state index contributed by atoms with van der Waals surface area (Å²) in [6.07, 6.45) is 5.96. The molecule has 0 amide bonds. The molecule has 0 aromatic heterocycles. The first-order valence-corrected chi connectivity index (χ1v) is 12.5. The number of ether oxygens (including phenoxy) is 1. The summed E-state index contributed by atoms with van der Waals surface area (Å²) in [5.41, 5.74) is -1.09. The second kappa shape index (κ2) is 6.94. The molecular formula is C22H28ClFO4S. The molecule has 160 valence electrons. The van der Waals surface area contributed by atoms with Crippen molar-refractivity contribution in [3.05, 3.63) is 29.0 Å². The second-order valence-corrected chi connectivity index (χ2v) is 12.7. The first kappa shape index (κ1) is 21.1. The Kier molecular flexibility index (Phi) is 5.05. The predicted octanol–water partition coefficient (Wildman–Crippen LogP) is 4.84. The van der Waals surface area contributed by atoms with Crippen LogP contribution in [0.25, 0.3) is 0 Å². The van der Waals surface area contributed by atoms with Crippen LogP contribution in [0.15, 0.2) is 18.2 Å². The lowest BCUT2D eigenvalue weighted by atomic mass is 9.50. The number of Topliss-reactive ketones (excluding diaryl/α,β-unsaturated/α-hetero) is 1. The zero-order chi connectivity index (χ0) is 21.2. The Morgan fingerprint density at radius 2 is 1.86 bits per heavy atom. The molecule has 5 rings (SSSR count). The fourth-order valence-corrected chi connectivity index (χ4v) is 7.97. The largest absolute Gasteiger partial charge is 0.479 e. The molecule has 0 spiro atoms. The Balaban J connectivity index is 1.49. The van der Waals surface area contributed by atoms with Crippen LogP contribution in [-0.4, -0.2) is 30.8 Å². The van der Waals surface area contributed by atoms with Gasteiger partial charge in [0, 0.05) is 12.7 Å².